The molecule has 0 aromatic rings. The molecule has 2 fully saturated rings. The topological polar surface area (TPSA) is 110 Å². The SMILES string of the molecule is O[C@@H]1[C@H](O)[C@@H](O)O[C@H](CCC2(O)CSC2)[C@H]1O. The Labute approximate surface area is 103 Å². The molecule has 0 aliphatic carbocycles. The molecule has 2 saturated heterocycles. The van der Waals surface area contributed by atoms with Crippen molar-refractivity contribution < 1.29 is 30.3 Å². The summed E-state index contributed by atoms with van der Waals surface area (Å²) in [4.78, 5) is 0. The monoisotopic (exact) mass is 266 g/mol. The summed E-state index contributed by atoms with van der Waals surface area (Å²) in [5.74, 6) is 1.31. The van der Waals surface area contributed by atoms with Crippen molar-refractivity contribution in [2.45, 2.75) is 49.1 Å². The summed E-state index contributed by atoms with van der Waals surface area (Å²) < 4.78 is 5.02. The van der Waals surface area contributed by atoms with Crippen LogP contribution in [0.25, 0.3) is 0 Å². The summed E-state index contributed by atoms with van der Waals surface area (Å²) in [5, 5.41) is 47.6. The number of thioether (sulfide) groups is 1. The average molecular weight is 266 g/mol. The smallest absolute Gasteiger partial charge is 0.183 e. The summed E-state index contributed by atoms with van der Waals surface area (Å²) in [6.45, 7) is 0. The van der Waals surface area contributed by atoms with Gasteiger partial charge < -0.3 is 30.3 Å². The number of aliphatic hydroxyl groups excluding tert-OH is 4. The van der Waals surface area contributed by atoms with E-state index >= 15 is 0 Å². The Kier molecular flexibility index (Phi) is 3.99. The van der Waals surface area contributed by atoms with Gasteiger partial charge in [0.1, 0.15) is 18.3 Å². The van der Waals surface area contributed by atoms with Gasteiger partial charge in [-0.15, -0.1) is 0 Å². The maximum Gasteiger partial charge on any atom is 0.183 e. The normalized spacial score (nSPS) is 45.4. The van der Waals surface area contributed by atoms with Crippen LogP contribution in [0.3, 0.4) is 0 Å². The van der Waals surface area contributed by atoms with E-state index < -0.39 is 36.3 Å². The second-order valence-corrected chi connectivity index (χ2v) is 5.78. The molecular formula is C10H18O6S. The summed E-state index contributed by atoms with van der Waals surface area (Å²) in [6, 6.07) is 0. The van der Waals surface area contributed by atoms with Crippen LogP contribution in [0.2, 0.25) is 0 Å². The van der Waals surface area contributed by atoms with Crippen LogP contribution in [0.4, 0.5) is 0 Å². The largest absolute Gasteiger partial charge is 0.388 e. The minimum Gasteiger partial charge on any atom is -0.388 e. The van der Waals surface area contributed by atoms with Crippen molar-refractivity contribution in [1.82, 2.24) is 0 Å². The van der Waals surface area contributed by atoms with Gasteiger partial charge in [-0.1, -0.05) is 0 Å². The molecule has 2 aliphatic heterocycles. The maximum atomic E-state index is 9.88. The minimum absolute atomic E-state index is 0.332. The first kappa shape index (κ1) is 13.5. The molecule has 2 heterocycles. The number of aliphatic hydroxyl groups is 5. The quantitative estimate of drug-likeness (QED) is 0.403. The molecule has 0 radical (unpaired) electrons. The fraction of sp³-hybridized carbons (Fsp3) is 1.00. The zero-order chi connectivity index (χ0) is 12.6. The second-order valence-electron chi connectivity index (χ2n) is 4.79. The lowest BCUT2D eigenvalue weighted by Gasteiger charge is -2.41. The Morgan fingerprint density at radius 1 is 1.06 bits per heavy atom. The van der Waals surface area contributed by atoms with Crippen LogP contribution in [-0.4, -0.2) is 73.3 Å². The van der Waals surface area contributed by atoms with Crippen LogP contribution in [0.5, 0.6) is 0 Å². The van der Waals surface area contributed by atoms with Crippen molar-refractivity contribution >= 4 is 11.8 Å². The Morgan fingerprint density at radius 2 is 1.71 bits per heavy atom. The molecule has 2 rings (SSSR count). The number of hydrogen-bond donors (Lipinski definition) is 5. The van der Waals surface area contributed by atoms with Crippen molar-refractivity contribution in [3.05, 3.63) is 0 Å². The second kappa shape index (κ2) is 5.00. The van der Waals surface area contributed by atoms with E-state index in [1.165, 1.54) is 0 Å². The lowest BCUT2D eigenvalue weighted by Crippen LogP contribution is -2.58. The first-order valence-electron chi connectivity index (χ1n) is 5.61. The van der Waals surface area contributed by atoms with Crippen LogP contribution in [0.1, 0.15) is 12.8 Å². The molecule has 0 unspecified atom stereocenters. The molecule has 0 bridgehead atoms. The standard InChI is InChI=1S/C10H18O6S/c11-6-5(1-2-10(15)3-17-4-10)16-9(14)8(13)7(6)12/h5-9,11-15H,1-4H2/t5-,6-,7+,8+,9+/m1/s1. The molecule has 0 saturated carbocycles. The van der Waals surface area contributed by atoms with E-state index in [2.05, 4.69) is 0 Å². The van der Waals surface area contributed by atoms with Gasteiger partial charge in [0.2, 0.25) is 0 Å². The van der Waals surface area contributed by atoms with Gasteiger partial charge >= 0.3 is 0 Å². The third-order valence-electron chi connectivity index (χ3n) is 3.32. The minimum atomic E-state index is -1.50. The number of hydrogen-bond acceptors (Lipinski definition) is 7. The van der Waals surface area contributed by atoms with E-state index in [0.29, 0.717) is 24.3 Å². The van der Waals surface area contributed by atoms with Gasteiger partial charge in [0.15, 0.2) is 6.29 Å². The van der Waals surface area contributed by atoms with Crippen LogP contribution < -0.4 is 0 Å². The van der Waals surface area contributed by atoms with E-state index in [1.54, 1.807) is 11.8 Å². The highest BCUT2D eigenvalue weighted by Crippen LogP contribution is 2.35. The van der Waals surface area contributed by atoms with E-state index in [0.717, 1.165) is 0 Å². The molecule has 17 heavy (non-hydrogen) atoms. The van der Waals surface area contributed by atoms with Crippen molar-refractivity contribution in [1.29, 1.82) is 0 Å². The predicted molar refractivity (Wildman–Crippen MR) is 60.4 cm³/mol. The number of rotatable bonds is 3. The van der Waals surface area contributed by atoms with Crippen LogP contribution >= 0.6 is 11.8 Å². The zero-order valence-corrected chi connectivity index (χ0v) is 10.1. The highest BCUT2D eigenvalue weighted by molar-refractivity contribution is 8.00. The Bertz CT molecular complexity index is 272. The van der Waals surface area contributed by atoms with E-state index in [9.17, 15) is 25.5 Å². The molecule has 6 nitrogen and oxygen atoms in total. The van der Waals surface area contributed by atoms with Crippen molar-refractivity contribution in [2.24, 2.45) is 0 Å². The Balaban J connectivity index is 1.87. The van der Waals surface area contributed by atoms with Gasteiger partial charge in [-0.25, -0.2) is 0 Å². The Hall–Kier alpha value is 0.110. The fourth-order valence-corrected chi connectivity index (χ4v) is 3.03. The molecule has 0 aromatic carbocycles. The molecule has 0 aromatic heterocycles. The van der Waals surface area contributed by atoms with Crippen LogP contribution in [0.15, 0.2) is 0 Å². The summed E-state index contributed by atoms with van der Waals surface area (Å²) in [7, 11) is 0. The highest BCUT2D eigenvalue weighted by Gasteiger charge is 2.44. The van der Waals surface area contributed by atoms with Gasteiger partial charge in [-0.05, 0) is 12.8 Å². The third-order valence-corrected chi connectivity index (χ3v) is 4.81. The summed E-state index contributed by atoms with van der Waals surface area (Å²) in [6.07, 6.45) is -5.65. The predicted octanol–water partition coefficient (Wildman–Crippen LogP) is -1.96. The molecule has 5 N–H and O–H groups in total. The van der Waals surface area contributed by atoms with Gasteiger partial charge in [0, 0.05) is 11.5 Å². The van der Waals surface area contributed by atoms with Crippen molar-refractivity contribution in [3.63, 3.8) is 0 Å². The van der Waals surface area contributed by atoms with E-state index in [1.807, 2.05) is 0 Å². The van der Waals surface area contributed by atoms with Gasteiger partial charge in [-0.2, -0.15) is 11.8 Å². The van der Waals surface area contributed by atoms with Crippen LogP contribution in [0, 0.1) is 0 Å². The molecule has 5 atom stereocenters. The zero-order valence-electron chi connectivity index (χ0n) is 9.27. The molecule has 0 spiro atoms. The highest BCUT2D eigenvalue weighted by atomic mass is 32.2. The number of ether oxygens (including phenoxy) is 1. The first-order chi connectivity index (χ1) is 7.93. The molecule has 2 aliphatic rings. The summed E-state index contributed by atoms with van der Waals surface area (Å²) in [5.41, 5.74) is -0.723. The molecule has 7 heteroatoms. The average Bonchev–Trinajstić information content (AvgIpc) is 2.27. The Morgan fingerprint density at radius 3 is 2.24 bits per heavy atom. The van der Waals surface area contributed by atoms with E-state index in [4.69, 9.17) is 4.74 Å². The van der Waals surface area contributed by atoms with Gasteiger partial charge in [-0.3, -0.25) is 0 Å². The molecule has 100 valence electrons. The van der Waals surface area contributed by atoms with Gasteiger partial charge in [0.05, 0.1) is 11.7 Å². The molecule has 0 amide bonds. The maximum absolute atomic E-state index is 9.88. The summed E-state index contributed by atoms with van der Waals surface area (Å²) >= 11 is 1.64. The molecular weight excluding hydrogens is 248 g/mol. The fourth-order valence-electron chi connectivity index (χ4n) is 2.06. The first-order valence-corrected chi connectivity index (χ1v) is 6.76. The van der Waals surface area contributed by atoms with Gasteiger partial charge in [0.25, 0.3) is 0 Å². The van der Waals surface area contributed by atoms with E-state index in [-0.39, 0.29) is 0 Å². The lowest BCUT2D eigenvalue weighted by molar-refractivity contribution is -0.283. The van der Waals surface area contributed by atoms with Crippen LogP contribution in [-0.2, 0) is 4.74 Å². The lowest BCUT2D eigenvalue weighted by atomic mass is 9.92. The van der Waals surface area contributed by atoms with Crippen molar-refractivity contribution in [3.8, 4) is 0 Å². The third kappa shape index (κ3) is 2.76. The van der Waals surface area contributed by atoms with Crippen molar-refractivity contribution in [2.75, 3.05) is 11.5 Å².